The average molecular weight is 348 g/mol. The van der Waals surface area contributed by atoms with Crippen LogP contribution >= 0.6 is 0 Å². The first-order valence-electron chi connectivity index (χ1n) is 8.88. The predicted octanol–water partition coefficient (Wildman–Crippen LogP) is 2.48. The van der Waals surface area contributed by atoms with E-state index in [-0.39, 0.29) is 11.5 Å². The van der Waals surface area contributed by atoms with E-state index in [4.69, 9.17) is 0 Å². The maximum absolute atomic E-state index is 11.8. The van der Waals surface area contributed by atoms with Gasteiger partial charge in [0.2, 0.25) is 0 Å². The molecule has 1 fully saturated rings. The van der Waals surface area contributed by atoms with Gasteiger partial charge in [-0.1, -0.05) is 13.8 Å². The number of likely N-dealkylation sites (N-methyl/N-ethyl adjacent to an activating group) is 1. The summed E-state index contributed by atoms with van der Waals surface area (Å²) in [6, 6.07) is 4.41. The number of rotatable bonds is 8. The minimum atomic E-state index is -0.477. The van der Waals surface area contributed by atoms with Gasteiger partial charge < -0.3 is 15.1 Å². The Balaban J connectivity index is 1.90. The van der Waals surface area contributed by atoms with E-state index in [0.29, 0.717) is 17.2 Å². The first kappa shape index (κ1) is 19.3. The van der Waals surface area contributed by atoms with Gasteiger partial charge in [-0.05, 0) is 25.5 Å². The number of piperazine rings is 1. The minimum absolute atomic E-state index is 0.0578. The summed E-state index contributed by atoms with van der Waals surface area (Å²) in [6.07, 6.45) is 0. The molecule has 1 aromatic rings. The molecule has 25 heavy (non-hydrogen) atoms. The highest BCUT2D eigenvalue weighted by Gasteiger charge is 2.18. The van der Waals surface area contributed by atoms with Crippen LogP contribution in [0.15, 0.2) is 18.2 Å². The third-order valence-electron chi connectivity index (χ3n) is 4.72. The van der Waals surface area contributed by atoms with Crippen molar-refractivity contribution in [3.63, 3.8) is 0 Å². The van der Waals surface area contributed by atoms with Crippen LogP contribution in [0.25, 0.3) is 0 Å². The van der Waals surface area contributed by atoms with Crippen molar-refractivity contribution in [1.82, 2.24) is 9.80 Å². The summed E-state index contributed by atoms with van der Waals surface area (Å²) >= 11 is 0. The number of nitrogens with one attached hydrogen (secondary N) is 1. The number of Topliss-reactive ketones (excluding diaryl/α,β-unsaturated/α-hetero) is 1. The zero-order valence-corrected chi connectivity index (χ0v) is 15.3. The van der Waals surface area contributed by atoms with Gasteiger partial charge in [0.1, 0.15) is 0 Å². The molecule has 2 rings (SSSR count). The number of ketones is 1. The van der Waals surface area contributed by atoms with Gasteiger partial charge in [0.15, 0.2) is 5.78 Å². The molecule has 0 aromatic heterocycles. The van der Waals surface area contributed by atoms with Crippen molar-refractivity contribution < 1.29 is 9.72 Å². The molecular formula is C18H28N4O3. The highest BCUT2D eigenvalue weighted by Crippen LogP contribution is 2.23. The molecule has 7 nitrogen and oxygen atoms in total. The van der Waals surface area contributed by atoms with E-state index < -0.39 is 4.92 Å². The fourth-order valence-corrected chi connectivity index (χ4v) is 3.17. The Kier molecular flexibility index (Phi) is 6.90. The summed E-state index contributed by atoms with van der Waals surface area (Å²) in [7, 11) is 0. The third-order valence-corrected chi connectivity index (χ3v) is 4.72. The van der Waals surface area contributed by atoms with Crippen LogP contribution in [0.3, 0.4) is 0 Å². The van der Waals surface area contributed by atoms with Crippen molar-refractivity contribution in [3.8, 4) is 0 Å². The molecule has 0 radical (unpaired) electrons. The van der Waals surface area contributed by atoms with Gasteiger partial charge in [-0.3, -0.25) is 14.9 Å². The quantitative estimate of drug-likeness (QED) is 0.442. The number of nitro benzene ring substituents is 1. The van der Waals surface area contributed by atoms with Crippen LogP contribution in [0, 0.1) is 16.0 Å². The van der Waals surface area contributed by atoms with Crippen LogP contribution in [-0.4, -0.2) is 66.3 Å². The first-order valence-corrected chi connectivity index (χ1v) is 8.88. The lowest BCUT2D eigenvalue weighted by molar-refractivity contribution is -0.384. The molecular weight excluding hydrogens is 320 g/mol. The zero-order valence-electron chi connectivity index (χ0n) is 15.3. The number of hydrogen-bond donors (Lipinski definition) is 1. The Morgan fingerprint density at radius 2 is 1.92 bits per heavy atom. The lowest BCUT2D eigenvalue weighted by Crippen LogP contribution is -2.47. The Bertz CT molecular complexity index is 612. The van der Waals surface area contributed by atoms with Gasteiger partial charge in [-0.15, -0.1) is 0 Å². The number of anilines is 1. The minimum Gasteiger partial charge on any atom is -0.384 e. The maximum Gasteiger partial charge on any atom is 0.270 e. The van der Waals surface area contributed by atoms with Gasteiger partial charge >= 0.3 is 0 Å². The second kappa shape index (κ2) is 8.92. The predicted molar refractivity (Wildman–Crippen MR) is 99.3 cm³/mol. The summed E-state index contributed by atoms with van der Waals surface area (Å²) in [6.45, 7) is 13.1. The van der Waals surface area contributed by atoms with E-state index in [1.807, 2.05) is 0 Å². The van der Waals surface area contributed by atoms with Gasteiger partial charge in [-0.25, -0.2) is 0 Å². The van der Waals surface area contributed by atoms with E-state index in [1.54, 1.807) is 6.07 Å². The lowest BCUT2D eigenvalue weighted by Gasteiger charge is -2.35. The van der Waals surface area contributed by atoms with E-state index in [1.165, 1.54) is 19.1 Å². The molecule has 0 amide bonds. The van der Waals surface area contributed by atoms with Crippen molar-refractivity contribution in [3.05, 3.63) is 33.9 Å². The molecule has 7 heteroatoms. The fourth-order valence-electron chi connectivity index (χ4n) is 3.17. The fraction of sp³-hybridized carbons (Fsp3) is 0.611. The summed E-state index contributed by atoms with van der Waals surface area (Å²) in [5, 5.41) is 14.2. The molecule has 1 atom stereocenters. The number of carbonyl (C=O) groups excluding carboxylic acids is 1. The second-order valence-electron chi connectivity index (χ2n) is 6.76. The summed E-state index contributed by atoms with van der Waals surface area (Å²) in [5.41, 5.74) is 0.983. The summed E-state index contributed by atoms with van der Waals surface area (Å²) in [5.74, 6) is 0.248. The molecule has 1 aliphatic rings. The van der Waals surface area contributed by atoms with Crippen molar-refractivity contribution in [2.45, 2.75) is 20.8 Å². The highest BCUT2D eigenvalue weighted by molar-refractivity contribution is 6.00. The van der Waals surface area contributed by atoms with Crippen LogP contribution in [0.2, 0.25) is 0 Å². The van der Waals surface area contributed by atoms with Crippen molar-refractivity contribution in [2.24, 2.45) is 5.92 Å². The third kappa shape index (κ3) is 5.51. The van der Waals surface area contributed by atoms with E-state index in [9.17, 15) is 14.9 Å². The first-order chi connectivity index (χ1) is 11.9. The molecule has 0 bridgehead atoms. The molecule has 0 aliphatic carbocycles. The monoisotopic (exact) mass is 348 g/mol. The Hall–Kier alpha value is -1.99. The molecule has 0 unspecified atom stereocenters. The average Bonchev–Trinajstić information content (AvgIpc) is 2.60. The van der Waals surface area contributed by atoms with Gasteiger partial charge in [-0.2, -0.15) is 0 Å². The molecule has 1 aromatic carbocycles. The molecule has 0 spiro atoms. The van der Waals surface area contributed by atoms with Crippen LogP contribution in [-0.2, 0) is 0 Å². The van der Waals surface area contributed by atoms with Crippen molar-refractivity contribution in [2.75, 3.05) is 51.1 Å². The molecule has 138 valence electrons. The Labute approximate surface area is 149 Å². The van der Waals surface area contributed by atoms with Gasteiger partial charge in [0.25, 0.3) is 5.69 Å². The van der Waals surface area contributed by atoms with E-state index >= 15 is 0 Å². The topological polar surface area (TPSA) is 78.7 Å². The van der Waals surface area contributed by atoms with Crippen molar-refractivity contribution in [1.29, 1.82) is 0 Å². The molecule has 1 aliphatic heterocycles. The standard InChI is InChI=1S/C18H28N4O3/c1-4-20-7-9-21(10-8-20)13-14(2)12-19-18-6-5-16(22(24)25)11-17(18)15(3)23/h5-6,11,14,19H,4,7-10,12-13H2,1-3H3/t14-/m0/s1. The lowest BCUT2D eigenvalue weighted by atomic mass is 10.1. The number of hydrogen-bond acceptors (Lipinski definition) is 6. The van der Waals surface area contributed by atoms with Crippen LogP contribution in [0.5, 0.6) is 0 Å². The van der Waals surface area contributed by atoms with Crippen LogP contribution in [0.1, 0.15) is 31.1 Å². The zero-order chi connectivity index (χ0) is 18.4. The number of non-ortho nitro benzene ring substituents is 1. The number of benzene rings is 1. The molecule has 0 saturated carbocycles. The SMILES string of the molecule is CCN1CCN(C[C@@H](C)CNc2ccc([N+](=O)[O-])cc2C(C)=O)CC1. The van der Waals surface area contributed by atoms with E-state index in [2.05, 4.69) is 29.0 Å². The normalized spacial score (nSPS) is 17.2. The molecule has 1 N–H and O–H groups in total. The molecule has 1 heterocycles. The Morgan fingerprint density at radius 1 is 1.28 bits per heavy atom. The Morgan fingerprint density at radius 3 is 2.48 bits per heavy atom. The van der Waals surface area contributed by atoms with Gasteiger partial charge in [0.05, 0.1) is 4.92 Å². The number of nitro groups is 1. The summed E-state index contributed by atoms with van der Waals surface area (Å²) in [4.78, 5) is 27.1. The smallest absolute Gasteiger partial charge is 0.270 e. The maximum atomic E-state index is 11.8. The van der Waals surface area contributed by atoms with Crippen molar-refractivity contribution >= 4 is 17.2 Å². The number of nitrogens with zero attached hydrogens (tertiary/aromatic N) is 3. The van der Waals surface area contributed by atoms with Crippen LogP contribution in [0.4, 0.5) is 11.4 Å². The van der Waals surface area contributed by atoms with Gasteiger partial charge in [0, 0.05) is 62.7 Å². The molecule has 1 saturated heterocycles. The highest BCUT2D eigenvalue weighted by atomic mass is 16.6. The largest absolute Gasteiger partial charge is 0.384 e. The van der Waals surface area contributed by atoms with E-state index in [0.717, 1.165) is 45.8 Å². The number of carbonyl (C=O) groups is 1. The van der Waals surface area contributed by atoms with Crippen LogP contribution < -0.4 is 5.32 Å². The second-order valence-corrected chi connectivity index (χ2v) is 6.76. The summed E-state index contributed by atoms with van der Waals surface area (Å²) < 4.78 is 0.